The Morgan fingerprint density at radius 3 is 2.79 bits per heavy atom. The van der Waals surface area contributed by atoms with Crippen LogP contribution < -0.4 is 5.32 Å². The van der Waals surface area contributed by atoms with Crippen molar-refractivity contribution in [3.8, 4) is 0 Å². The molecule has 1 atom stereocenters. The summed E-state index contributed by atoms with van der Waals surface area (Å²) in [6.45, 7) is 3.42. The molecule has 14 heavy (non-hydrogen) atoms. The number of hydrogen-bond donors (Lipinski definition) is 2. The Morgan fingerprint density at radius 1 is 1.71 bits per heavy atom. The summed E-state index contributed by atoms with van der Waals surface area (Å²) in [5, 5.41) is 10.9. The number of alkyl carbamates (subject to hydrolysis) is 1. The van der Waals surface area contributed by atoms with Crippen LogP contribution in [-0.2, 0) is 9.53 Å². The highest BCUT2D eigenvalue weighted by Crippen LogP contribution is 1.98. The third kappa shape index (κ3) is 5.47. The number of hydrogen-bond acceptors (Lipinski definition) is 4. The van der Waals surface area contributed by atoms with E-state index in [-0.39, 0.29) is 6.61 Å². The summed E-state index contributed by atoms with van der Waals surface area (Å²) in [6.07, 6.45) is 2.42. The van der Waals surface area contributed by atoms with Gasteiger partial charge in [-0.1, -0.05) is 12.7 Å². The number of thioether (sulfide) groups is 1. The topological polar surface area (TPSA) is 75.6 Å². The molecule has 0 saturated heterocycles. The van der Waals surface area contributed by atoms with E-state index in [1.54, 1.807) is 6.26 Å². The van der Waals surface area contributed by atoms with Crippen molar-refractivity contribution in [2.45, 2.75) is 6.04 Å². The number of rotatable bonds is 6. The average molecular weight is 219 g/mol. The van der Waals surface area contributed by atoms with Crippen LogP contribution in [0.3, 0.4) is 0 Å². The fourth-order valence-corrected chi connectivity index (χ4v) is 1.22. The van der Waals surface area contributed by atoms with Gasteiger partial charge in [-0.05, 0) is 6.26 Å². The van der Waals surface area contributed by atoms with E-state index in [0.29, 0.717) is 5.75 Å². The Labute approximate surface area is 86.5 Å². The molecule has 0 aromatic heterocycles. The van der Waals surface area contributed by atoms with Crippen LogP contribution in [0.15, 0.2) is 12.7 Å². The molecule has 0 aliphatic rings. The standard InChI is InChI=1S/C8H13NO4S/c1-3-4-13-8(12)9-6(5-14-2)7(10)11/h3,6H,1,4-5H2,2H3,(H,9,12)(H,10,11). The zero-order valence-electron chi connectivity index (χ0n) is 7.86. The zero-order chi connectivity index (χ0) is 11.0. The zero-order valence-corrected chi connectivity index (χ0v) is 8.67. The summed E-state index contributed by atoms with van der Waals surface area (Å²) in [6, 6.07) is -0.915. The molecule has 2 N–H and O–H groups in total. The van der Waals surface area contributed by atoms with Crippen molar-refractivity contribution >= 4 is 23.8 Å². The molecule has 6 heteroatoms. The average Bonchev–Trinajstić information content (AvgIpc) is 2.14. The van der Waals surface area contributed by atoms with E-state index in [9.17, 15) is 9.59 Å². The Bertz CT molecular complexity index is 219. The highest BCUT2D eigenvalue weighted by molar-refractivity contribution is 7.98. The van der Waals surface area contributed by atoms with Gasteiger partial charge in [-0.25, -0.2) is 9.59 Å². The number of carbonyl (C=O) groups excluding carboxylic acids is 1. The van der Waals surface area contributed by atoms with Crippen LogP contribution in [0.4, 0.5) is 4.79 Å². The fraction of sp³-hybridized carbons (Fsp3) is 0.500. The van der Waals surface area contributed by atoms with Crippen LogP contribution in [0.1, 0.15) is 0 Å². The van der Waals surface area contributed by atoms with E-state index >= 15 is 0 Å². The summed E-state index contributed by atoms with van der Waals surface area (Å²) in [5.41, 5.74) is 0. The van der Waals surface area contributed by atoms with Crippen LogP contribution in [0.2, 0.25) is 0 Å². The molecule has 0 bridgehead atoms. The lowest BCUT2D eigenvalue weighted by molar-refractivity contribution is -0.138. The second-order valence-corrected chi connectivity index (χ2v) is 3.29. The van der Waals surface area contributed by atoms with Gasteiger partial charge in [-0.2, -0.15) is 11.8 Å². The lowest BCUT2D eigenvalue weighted by Crippen LogP contribution is -2.42. The molecule has 0 radical (unpaired) electrons. The Morgan fingerprint density at radius 2 is 2.36 bits per heavy atom. The maximum Gasteiger partial charge on any atom is 0.408 e. The molecule has 5 nitrogen and oxygen atoms in total. The molecule has 0 rings (SSSR count). The Kier molecular flexibility index (Phi) is 6.65. The monoisotopic (exact) mass is 219 g/mol. The molecular formula is C8H13NO4S. The van der Waals surface area contributed by atoms with E-state index < -0.39 is 18.1 Å². The summed E-state index contributed by atoms with van der Waals surface area (Å²) >= 11 is 1.33. The van der Waals surface area contributed by atoms with Gasteiger partial charge in [0.05, 0.1) is 0 Å². The smallest absolute Gasteiger partial charge is 0.408 e. The number of carboxylic acid groups (broad SMARTS) is 1. The van der Waals surface area contributed by atoms with Crippen molar-refractivity contribution in [1.29, 1.82) is 0 Å². The Hall–Kier alpha value is -1.17. The number of ether oxygens (including phenoxy) is 1. The molecule has 0 aliphatic carbocycles. The number of nitrogens with one attached hydrogen (secondary N) is 1. The van der Waals surface area contributed by atoms with Crippen molar-refractivity contribution in [2.75, 3.05) is 18.6 Å². The van der Waals surface area contributed by atoms with Crippen LogP contribution in [0.5, 0.6) is 0 Å². The van der Waals surface area contributed by atoms with Gasteiger partial charge in [-0.3, -0.25) is 0 Å². The molecule has 0 saturated carbocycles. The van der Waals surface area contributed by atoms with Gasteiger partial charge in [0.1, 0.15) is 12.6 Å². The fourth-order valence-electron chi connectivity index (χ4n) is 0.660. The van der Waals surface area contributed by atoms with Gasteiger partial charge in [-0.15, -0.1) is 0 Å². The normalized spacial score (nSPS) is 11.5. The van der Waals surface area contributed by atoms with Crippen molar-refractivity contribution in [1.82, 2.24) is 5.32 Å². The molecule has 0 spiro atoms. The summed E-state index contributed by atoms with van der Waals surface area (Å²) in [7, 11) is 0. The lowest BCUT2D eigenvalue weighted by atomic mass is 10.3. The minimum atomic E-state index is -1.07. The number of carboxylic acids is 1. The third-order valence-electron chi connectivity index (χ3n) is 1.26. The second kappa shape index (κ2) is 7.25. The van der Waals surface area contributed by atoms with E-state index in [0.717, 1.165) is 0 Å². The van der Waals surface area contributed by atoms with Crippen molar-refractivity contribution in [3.05, 3.63) is 12.7 Å². The molecule has 0 aromatic rings. The van der Waals surface area contributed by atoms with Gasteiger partial charge in [0.2, 0.25) is 0 Å². The maximum atomic E-state index is 10.9. The molecule has 80 valence electrons. The highest BCUT2D eigenvalue weighted by atomic mass is 32.2. The molecule has 0 aliphatic heterocycles. The first kappa shape index (κ1) is 12.8. The van der Waals surface area contributed by atoms with E-state index in [1.807, 2.05) is 0 Å². The van der Waals surface area contributed by atoms with Crippen LogP contribution in [0, 0.1) is 0 Å². The summed E-state index contributed by atoms with van der Waals surface area (Å²) in [4.78, 5) is 21.5. The van der Waals surface area contributed by atoms with Crippen LogP contribution in [0.25, 0.3) is 0 Å². The van der Waals surface area contributed by atoms with E-state index in [1.165, 1.54) is 17.8 Å². The van der Waals surface area contributed by atoms with Crippen molar-refractivity contribution < 1.29 is 19.4 Å². The quantitative estimate of drug-likeness (QED) is 0.644. The molecular weight excluding hydrogens is 206 g/mol. The molecule has 0 fully saturated rings. The largest absolute Gasteiger partial charge is 0.480 e. The predicted molar refractivity (Wildman–Crippen MR) is 54.5 cm³/mol. The van der Waals surface area contributed by atoms with Gasteiger partial charge >= 0.3 is 12.1 Å². The van der Waals surface area contributed by atoms with Crippen LogP contribution >= 0.6 is 11.8 Å². The minimum absolute atomic E-state index is 0.0669. The molecule has 1 unspecified atom stereocenters. The maximum absolute atomic E-state index is 10.9. The van der Waals surface area contributed by atoms with Crippen molar-refractivity contribution in [3.63, 3.8) is 0 Å². The highest BCUT2D eigenvalue weighted by Gasteiger charge is 2.19. The summed E-state index contributed by atoms with van der Waals surface area (Å²) in [5.74, 6) is -0.770. The van der Waals surface area contributed by atoms with Gasteiger partial charge < -0.3 is 15.2 Å². The molecule has 1 amide bonds. The Balaban J connectivity index is 3.95. The van der Waals surface area contributed by atoms with Crippen molar-refractivity contribution in [2.24, 2.45) is 0 Å². The van der Waals surface area contributed by atoms with Gasteiger partial charge in [0.25, 0.3) is 0 Å². The van der Waals surface area contributed by atoms with E-state index in [2.05, 4.69) is 16.6 Å². The van der Waals surface area contributed by atoms with Gasteiger partial charge in [0.15, 0.2) is 0 Å². The third-order valence-corrected chi connectivity index (χ3v) is 1.92. The first-order chi connectivity index (χ1) is 6.61. The molecule has 0 aromatic carbocycles. The predicted octanol–water partition coefficient (Wildman–Crippen LogP) is 0.715. The lowest BCUT2D eigenvalue weighted by Gasteiger charge is -2.12. The summed E-state index contributed by atoms with van der Waals surface area (Å²) < 4.78 is 4.58. The first-order valence-electron chi connectivity index (χ1n) is 3.87. The number of aliphatic carboxylic acids is 1. The van der Waals surface area contributed by atoms with Crippen LogP contribution in [-0.4, -0.2) is 41.8 Å². The second-order valence-electron chi connectivity index (χ2n) is 2.38. The van der Waals surface area contributed by atoms with Gasteiger partial charge in [0, 0.05) is 5.75 Å². The molecule has 0 heterocycles. The first-order valence-corrected chi connectivity index (χ1v) is 5.27. The number of carbonyl (C=O) groups is 2. The number of amides is 1. The van der Waals surface area contributed by atoms with E-state index in [4.69, 9.17) is 5.11 Å². The minimum Gasteiger partial charge on any atom is -0.480 e. The SMILES string of the molecule is C=CCOC(=O)NC(CSC)C(=O)O.